The number of carbonyl (C=O) groups excluding carboxylic acids is 1. The van der Waals surface area contributed by atoms with Crippen LogP contribution in [0.5, 0.6) is 5.75 Å². The van der Waals surface area contributed by atoms with Gasteiger partial charge < -0.3 is 14.5 Å². The second-order valence-corrected chi connectivity index (χ2v) is 3.91. The van der Waals surface area contributed by atoms with Gasteiger partial charge in [-0.3, -0.25) is 14.9 Å². The van der Waals surface area contributed by atoms with Crippen LogP contribution in [-0.2, 0) is 6.54 Å². The van der Waals surface area contributed by atoms with Gasteiger partial charge in [-0.05, 0) is 24.3 Å². The Morgan fingerprint density at radius 1 is 1.45 bits per heavy atom. The van der Waals surface area contributed by atoms with Crippen molar-refractivity contribution < 1.29 is 18.9 Å². The van der Waals surface area contributed by atoms with Crippen molar-refractivity contribution in [3.8, 4) is 5.75 Å². The number of hydrogen-bond donors (Lipinski definition) is 1. The fourth-order valence-corrected chi connectivity index (χ4v) is 1.66. The quantitative estimate of drug-likeness (QED) is 0.666. The SMILES string of the molecule is COc1ccc(C(=O)NCc2ccco2)cc1[N+](=O)[O-]. The molecule has 0 atom stereocenters. The molecule has 0 aliphatic carbocycles. The summed E-state index contributed by atoms with van der Waals surface area (Å²) in [6, 6.07) is 7.45. The minimum Gasteiger partial charge on any atom is -0.490 e. The van der Waals surface area contributed by atoms with Crippen LogP contribution in [0.15, 0.2) is 41.0 Å². The van der Waals surface area contributed by atoms with E-state index < -0.39 is 10.8 Å². The highest BCUT2D eigenvalue weighted by Crippen LogP contribution is 2.27. The van der Waals surface area contributed by atoms with Crippen molar-refractivity contribution in [2.75, 3.05) is 7.11 Å². The van der Waals surface area contributed by atoms with E-state index in [1.807, 2.05) is 0 Å². The second kappa shape index (κ2) is 5.87. The van der Waals surface area contributed by atoms with E-state index in [-0.39, 0.29) is 23.5 Å². The summed E-state index contributed by atoms with van der Waals surface area (Å²) in [5.41, 5.74) is -0.0674. The Morgan fingerprint density at radius 2 is 2.25 bits per heavy atom. The first-order valence-electron chi connectivity index (χ1n) is 5.75. The van der Waals surface area contributed by atoms with E-state index in [1.165, 1.54) is 31.6 Å². The number of ether oxygens (including phenoxy) is 1. The zero-order valence-corrected chi connectivity index (χ0v) is 10.7. The van der Waals surface area contributed by atoms with Crippen LogP contribution < -0.4 is 10.1 Å². The van der Waals surface area contributed by atoms with Gasteiger partial charge in [-0.15, -0.1) is 0 Å². The molecule has 0 radical (unpaired) electrons. The van der Waals surface area contributed by atoms with E-state index in [4.69, 9.17) is 9.15 Å². The van der Waals surface area contributed by atoms with Crippen molar-refractivity contribution in [2.24, 2.45) is 0 Å². The van der Waals surface area contributed by atoms with Crippen LogP contribution in [0.25, 0.3) is 0 Å². The Labute approximate surface area is 114 Å². The maximum Gasteiger partial charge on any atom is 0.311 e. The van der Waals surface area contributed by atoms with Gasteiger partial charge in [0.15, 0.2) is 5.75 Å². The fourth-order valence-electron chi connectivity index (χ4n) is 1.66. The van der Waals surface area contributed by atoms with Gasteiger partial charge in [0.1, 0.15) is 5.76 Å². The van der Waals surface area contributed by atoms with Crippen LogP contribution in [0.4, 0.5) is 5.69 Å². The molecule has 7 heteroatoms. The van der Waals surface area contributed by atoms with Gasteiger partial charge >= 0.3 is 5.69 Å². The Kier molecular flexibility index (Phi) is 3.99. The maximum atomic E-state index is 11.9. The van der Waals surface area contributed by atoms with Crippen LogP contribution in [0.3, 0.4) is 0 Å². The van der Waals surface area contributed by atoms with Crippen molar-refractivity contribution in [3.63, 3.8) is 0 Å². The zero-order chi connectivity index (χ0) is 14.5. The number of methoxy groups -OCH3 is 1. The van der Waals surface area contributed by atoms with E-state index in [2.05, 4.69) is 5.32 Å². The third-order valence-electron chi connectivity index (χ3n) is 2.64. The molecule has 0 fully saturated rings. The van der Waals surface area contributed by atoms with Crippen molar-refractivity contribution >= 4 is 11.6 Å². The van der Waals surface area contributed by atoms with Crippen LogP contribution in [0.2, 0.25) is 0 Å². The van der Waals surface area contributed by atoms with Crippen molar-refractivity contribution in [2.45, 2.75) is 6.54 Å². The fraction of sp³-hybridized carbons (Fsp3) is 0.154. The normalized spacial score (nSPS) is 10.1. The van der Waals surface area contributed by atoms with Crippen molar-refractivity contribution in [1.29, 1.82) is 0 Å². The smallest absolute Gasteiger partial charge is 0.311 e. The molecule has 0 saturated heterocycles. The summed E-state index contributed by atoms with van der Waals surface area (Å²) >= 11 is 0. The number of rotatable bonds is 5. The third kappa shape index (κ3) is 2.94. The third-order valence-corrected chi connectivity index (χ3v) is 2.64. The number of furan rings is 1. The lowest BCUT2D eigenvalue weighted by molar-refractivity contribution is -0.385. The number of nitrogens with one attached hydrogen (secondary N) is 1. The predicted molar refractivity (Wildman–Crippen MR) is 69.5 cm³/mol. The molecule has 0 aliphatic heterocycles. The van der Waals surface area contributed by atoms with Crippen LogP contribution in [0, 0.1) is 10.1 Å². The summed E-state index contributed by atoms with van der Waals surface area (Å²) in [5, 5.41) is 13.5. The molecule has 2 rings (SSSR count). The Hall–Kier alpha value is -2.83. The summed E-state index contributed by atoms with van der Waals surface area (Å²) < 4.78 is 9.95. The van der Waals surface area contributed by atoms with E-state index in [9.17, 15) is 14.9 Å². The number of hydrogen-bond acceptors (Lipinski definition) is 5. The molecular weight excluding hydrogens is 264 g/mol. The molecule has 20 heavy (non-hydrogen) atoms. The molecule has 2 aromatic rings. The minimum atomic E-state index is -0.595. The summed E-state index contributed by atoms with van der Waals surface area (Å²) in [6.45, 7) is 0.214. The van der Waals surface area contributed by atoms with Gasteiger partial charge in [0.2, 0.25) is 0 Å². The summed E-state index contributed by atoms with van der Waals surface area (Å²) in [5.74, 6) is 0.283. The van der Waals surface area contributed by atoms with E-state index in [1.54, 1.807) is 12.1 Å². The van der Waals surface area contributed by atoms with Gasteiger partial charge in [-0.2, -0.15) is 0 Å². The molecule has 0 saturated carbocycles. The molecular formula is C13H12N2O5. The molecule has 0 unspecified atom stereocenters. The lowest BCUT2D eigenvalue weighted by Crippen LogP contribution is -2.22. The van der Waals surface area contributed by atoms with Gasteiger partial charge in [0.05, 0.1) is 24.8 Å². The standard InChI is InChI=1S/C13H12N2O5/c1-19-12-5-4-9(7-11(12)15(17)18)13(16)14-8-10-3-2-6-20-10/h2-7H,8H2,1H3,(H,14,16). The van der Waals surface area contributed by atoms with Crippen LogP contribution >= 0.6 is 0 Å². The molecule has 0 bridgehead atoms. The van der Waals surface area contributed by atoms with Gasteiger partial charge in [-0.25, -0.2) is 0 Å². The molecule has 1 heterocycles. The number of nitro benzene ring substituents is 1. The predicted octanol–water partition coefficient (Wildman–Crippen LogP) is 2.13. The highest BCUT2D eigenvalue weighted by molar-refractivity contribution is 5.95. The highest BCUT2D eigenvalue weighted by atomic mass is 16.6. The van der Waals surface area contributed by atoms with Crippen LogP contribution in [-0.4, -0.2) is 17.9 Å². The van der Waals surface area contributed by atoms with Gasteiger partial charge in [0.25, 0.3) is 5.91 Å². The summed E-state index contributed by atoms with van der Waals surface area (Å²) in [6.07, 6.45) is 1.50. The number of amides is 1. The molecule has 1 N–H and O–H groups in total. The molecule has 1 aromatic carbocycles. The van der Waals surface area contributed by atoms with Crippen molar-refractivity contribution in [1.82, 2.24) is 5.32 Å². The van der Waals surface area contributed by atoms with E-state index in [0.717, 1.165) is 0 Å². The first-order valence-corrected chi connectivity index (χ1v) is 5.75. The Balaban J connectivity index is 2.13. The molecule has 1 amide bonds. The Morgan fingerprint density at radius 3 is 2.85 bits per heavy atom. The average molecular weight is 276 g/mol. The molecule has 7 nitrogen and oxygen atoms in total. The second-order valence-electron chi connectivity index (χ2n) is 3.91. The first kappa shape index (κ1) is 13.6. The summed E-state index contributed by atoms with van der Waals surface area (Å²) in [4.78, 5) is 22.2. The monoisotopic (exact) mass is 276 g/mol. The number of nitrogens with zero attached hydrogens (tertiary/aromatic N) is 1. The maximum absolute atomic E-state index is 11.9. The topological polar surface area (TPSA) is 94.6 Å². The lowest BCUT2D eigenvalue weighted by Gasteiger charge is -2.05. The average Bonchev–Trinajstić information content (AvgIpc) is 2.97. The molecule has 0 spiro atoms. The van der Waals surface area contributed by atoms with E-state index >= 15 is 0 Å². The largest absolute Gasteiger partial charge is 0.490 e. The number of carbonyl (C=O) groups is 1. The number of benzene rings is 1. The molecule has 0 aliphatic rings. The minimum absolute atomic E-state index is 0.109. The number of nitro groups is 1. The Bertz CT molecular complexity index is 622. The van der Waals surface area contributed by atoms with Gasteiger partial charge in [-0.1, -0.05) is 0 Å². The van der Waals surface area contributed by atoms with Crippen LogP contribution in [0.1, 0.15) is 16.1 Å². The first-order chi connectivity index (χ1) is 9.61. The summed E-state index contributed by atoms with van der Waals surface area (Å²) in [7, 11) is 1.33. The molecule has 104 valence electrons. The van der Waals surface area contributed by atoms with E-state index in [0.29, 0.717) is 5.76 Å². The highest BCUT2D eigenvalue weighted by Gasteiger charge is 2.18. The van der Waals surface area contributed by atoms with Crippen molar-refractivity contribution in [3.05, 3.63) is 58.0 Å². The lowest BCUT2D eigenvalue weighted by atomic mass is 10.1. The zero-order valence-electron chi connectivity index (χ0n) is 10.7. The van der Waals surface area contributed by atoms with Gasteiger partial charge in [0, 0.05) is 11.6 Å². The molecule has 1 aromatic heterocycles.